The van der Waals surface area contributed by atoms with Gasteiger partial charge >= 0.3 is 0 Å². The highest BCUT2D eigenvalue weighted by molar-refractivity contribution is 7.13. The molecule has 122 valence electrons. The largest absolute Gasteiger partial charge is 0.326 e. The molecule has 0 spiro atoms. The maximum atomic E-state index is 11.8. The van der Waals surface area contributed by atoms with E-state index in [1.54, 1.807) is 11.3 Å². The van der Waals surface area contributed by atoms with Crippen molar-refractivity contribution in [1.82, 2.24) is 4.98 Å². The smallest absolute Gasteiger partial charge is 0.226 e. The molecule has 0 radical (unpaired) electrons. The molecule has 1 heterocycles. The van der Waals surface area contributed by atoms with Crippen LogP contribution < -0.4 is 5.32 Å². The minimum Gasteiger partial charge on any atom is -0.326 e. The predicted molar refractivity (Wildman–Crippen MR) is 101 cm³/mol. The van der Waals surface area contributed by atoms with E-state index in [4.69, 9.17) is 11.6 Å². The highest BCUT2D eigenvalue weighted by Gasteiger charge is 2.11. The lowest BCUT2D eigenvalue weighted by atomic mass is 10.1. The van der Waals surface area contributed by atoms with Gasteiger partial charge in [0.1, 0.15) is 5.01 Å². The lowest BCUT2D eigenvalue weighted by Gasteiger charge is -2.08. The fraction of sp³-hybridized carbons (Fsp3) is 0.158. The van der Waals surface area contributed by atoms with E-state index < -0.39 is 0 Å². The van der Waals surface area contributed by atoms with Crippen LogP contribution in [0.4, 0.5) is 5.69 Å². The number of hydrogen-bond donors (Lipinski definition) is 1. The number of aromatic nitrogens is 1. The quantitative estimate of drug-likeness (QED) is 0.649. The monoisotopic (exact) mass is 356 g/mol. The summed E-state index contributed by atoms with van der Waals surface area (Å²) in [7, 11) is 0. The molecule has 5 heteroatoms. The van der Waals surface area contributed by atoms with Crippen molar-refractivity contribution in [3.05, 3.63) is 58.9 Å². The van der Waals surface area contributed by atoms with E-state index in [1.807, 2.05) is 67.8 Å². The second-order valence-electron chi connectivity index (χ2n) is 5.74. The number of carbonyl (C=O) groups excluding carboxylic acids is 1. The van der Waals surface area contributed by atoms with Gasteiger partial charge in [-0.2, -0.15) is 0 Å². The summed E-state index contributed by atoms with van der Waals surface area (Å²) >= 11 is 7.80. The molecule has 3 nitrogen and oxygen atoms in total. The Labute approximate surface area is 150 Å². The first kappa shape index (κ1) is 16.7. The van der Waals surface area contributed by atoms with Crippen LogP contribution in [0.15, 0.2) is 53.9 Å². The molecule has 0 aliphatic carbocycles. The second-order valence-corrected chi connectivity index (χ2v) is 7.01. The molecular weight excluding hydrogens is 340 g/mol. The Hall–Kier alpha value is -2.17. The molecule has 2 aromatic carbocycles. The molecule has 3 rings (SSSR count). The van der Waals surface area contributed by atoms with Crippen LogP contribution in [0, 0.1) is 5.92 Å². The van der Waals surface area contributed by atoms with E-state index in [9.17, 15) is 4.79 Å². The number of thiazole rings is 1. The number of anilines is 1. The van der Waals surface area contributed by atoms with Crippen molar-refractivity contribution in [3.8, 4) is 21.8 Å². The molecule has 1 aromatic heterocycles. The molecule has 1 N–H and O–H groups in total. The number of benzene rings is 2. The number of nitrogens with zero attached hydrogens (tertiary/aromatic N) is 1. The first-order valence-electron chi connectivity index (χ1n) is 7.66. The Bertz CT molecular complexity index is 873. The molecule has 0 atom stereocenters. The van der Waals surface area contributed by atoms with Crippen molar-refractivity contribution in [3.63, 3.8) is 0 Å². The van der Waals surface area contributed by atoms with Gasteiger partial charge < -0.3 is 5.32 Å². The minimum absolute atomic E-state index is 0.00202. The Morgan fingerprint density at radius 2 is 1.96 bits per heavy atom. The third-order valence-corrected chi connectivity index (χ3v) is 4.76. The Kier molecular flexibility index (Phi) is 4.97. The van der Waals surface area contributed by atoms with Crippen molar-refractivity contribution in [2.75, 3.05) is 5.32 Å². The third kappa shape index (κ3) is 3.66. The van der Waals surface area contributed by atoms with Crippen LogP contribution in [0.3, 0.4) is 0 Å². The fourth-order valence-electron chi connectivity index (χ4n) is 2.21. The van der Waals surface area contributed by atoms with Gasteiger partial charge in [0.2, 0.25) is 5.91 Å². The highest BCUT2D eigenvalue weighted by atomic mass is 35.5. The van der Waals surface area contributed by atoms with Crippen LogP contribution in [-0.2, 0) is 4.79 Å². The Morgan fingerprint density at radius 3 is 2.71 bits per heavy atom. The molecule has 0 unspecified atom stereocenters. The molecule has 0 saturated heterocycles. The van der Waals surface area contributed by atoms with Gasteiger partial charge in [0.25, 0.3) is 0 Å². The van der Waals surface area contributed by atoms with Crippen LogP contribution in [0.25, 0.3) is 21.8 Å². The van der Waals surface area contributed by atoms with Crippen LogP contribution in [0.2, 0.25) is 5.02 Å². The molecule has 0 aliphatic rings. The summed E-state index contributed by atoms with van der Waals surface area (Å²) in [5, 5.41) is 6.49. The van der Waals surface area contributed by atoms with E-state index in [0.717, 1.165) is 27.5 Å². The summed E-state index contributed by atoms with van der Waals surface area (Å²) in [6.45, 7) is 3.74. The highest BCUT2D eigenvalue weighted by Crippen LogP contribution is 2.33. The summed E-state index contributed by atoms with van der Waals surface area (Å²) < 4.78 is 0. The molecule has 0 bridgehead atoms. The molecule has 0 aliphatic heterocycles. The maximum absolute atomic E-state index is 11.8. The Morgan fingerprint density at radius 1 is 1.17 bits per heavy atom. The van der Waals surface area contributed by atoms with Crippen molar-refractivity contribution < 1.29 is 4.79 Å². The van der Waals surface area contributed by atoms with Crippen molar-refractivity contribution >= 4 is 34.5 Å². The second kappa shape index (κ2) is 7.16. The van der Waals surface area contributed by atoms with E-state index in [2.05, 4.69) is 10.3 Å². The fourth-order valence-corrected chi connectivity index (χ4v) is 3.36. The standard InChI is InChI=1S/C19H17ClN2OS/c1-12(2)18(23)21-14-7-5-6-13(10-14)17-11-24-19(22-17)15-8-3-4-9-16(15)20/h3-12H,1-2H3,(H,21,23). The van der Waals surface area contributed by atoms with Crippen LogP contribution in [-0.4, -0.2) is 10.9 Å². The van der Waals surface area contributed by atoms with Gasteiger partial charge in [0.05, 0.1) is 10.7 Å². The lowest BCUT2D eigenvalue weighted by molar-refractivity contribution is -0.118. The van der Waals surface area contributed by atoms with Crippen molar-refractivity contribution in [2.45, 2.75) is 13.8 Å². The predicted octanol–water partition coefficient (Wildman–Crippen LogP) is 5.73. The van der Waals surface area contributed by atoms with E-state index in [0.29, 0.717) is 5.02 Å². The SMILES string of the molecule is CC(C)C(=O)Nc1cccc(-c2csc(-c3ccccc3Cl)n2)c1. The van der Waals surface area contributed by atoms with Crippen molar-refractivity contribution in [2.24, 2.45) is 5.92 Å². The summed E-state index contributed by atoms with van der Waals surface area (Å²) in [6.07, 6.45) is 0. The van der Waals surface area contributed by atoms with E-state index in [-0.39, 0.29) is 11.8 Å². The van der Waals surface area contributed by atoms with E-state index in [1.165, 1.54) is 0 Å². The zero-order valence-corrected chi connectivity index (χ0v) is 15.0. The van der Waals surface area contributed by atoms with E-state index >= 15 is 0 Å². The zero-order valence-electron chi connectivity index (χ0n) is 13.4. The number of rotatable bonds is 4. The van der Waals surface area contributed by atoms with Gasteiger partial charge in [-0.15, -0.1) is 11.3 Å². The molecule has 24 heavy (non-hydrogen) atoms. The molecule has 0 saturated carbocycles. The van der Waals surface area contributed by atoms with Crippen LogP contribution >= 0.6 is 22.9 Å². The Balaban J connectivity index is 1.88. The van der Waals surface area contributed by atoms with Crippen molar-refractivity contribution in [1.29, 1.82) is 0 Å². The average molecular weight is 357 g/mol. The number of carbonyl (C=O) groups is 1. The first-order valence-corrected chi connectivity index (χ1v) is 8.92. The third-order valence-electron chi connectivity index (χ3n) is 3.56. The van der Waals surface area contributed by atoms with Gasteiger partial charge in [0.15, 0.2) is 0 Å². The number of nitrogens with one attached hydrogen (secondary N) is 1. The van der Waals surface area contributed by atoms with Gasteiger partial charge in [-0.05, 0) is 18.2 Å². The normalized spacial score (nSPS) is 10.8. The molecule has 0 fully saturated rings. The maximum Gasteiger partial charge on any atom is 0.226 e. The zero-order chi connectivity index (χ0) is 17.1. The number of hydrogen-bond acceptors (Lipinski definition) is 3. The van der Waals surface area contributed by atoms with Gasteiger partial charge in [-0.25, -0.2) is 4.98 Å². The summed E-state index contributed by atoms with van der Waals surface area (Å²) in [4.78, 5) is 16.5. The molecule has 1 amide bonds. The number of amides is 1. The summed E-state index contributed by atoms with van der Waals surface area (Å²) in [6, 6.07) is 15.4. The minimum atomic E-state index is -0.0558. The van der Waals surface area contributed by atoms with Gasteiger partial charge in [0, 0.05) is 28.1 Å². The lowest BCUT2D eigenvalue weighted by Crippen LogP contribution is -2.17. The average Bonchev–Trinajstić information content (AvgIpc) is 3.05. The van der Waals surface area contributed by atoms with Gasteiger partial charge in [-0.1, -0.05) is 55.8 Å². The molecular formula is C19H17ClN2OS. The topological polar surface area (TPSA) is 42.0 Å². The molecule has 3 aromatic rings. The van der Waals surface area contributed by atoms with Gasteiger partial charge in [-0.3, -0.25) is 4.79 Å². The van der Waals surface area contributed by atoms with Crippen LogP contribution in [0.5, 0.6) is 0 Å². The summed E-state index contributed by atoms with van der Waals surface area (Å²) in [5.41, 5.74) is 3.54. The summed E-state index contributed by atoms with van der Waals surface area (Å²) in [5.74, 6) is -0.0538. The number of halogens is 1. The van der Waals surface area contributed by atoms with Crippen LogP contribution in [0.1, 0.15) is 13.8 Å². The first-order chi connectivity index (χ1) is 11.5.